The van der Waals surface area contributed by atoms with Crippen molar-refractivity contribution in [3.8, 4) is 0 Å². The minimum atomic E-state index is 0. The number of alkyl halides is 2. The van der Waals surface area contributed by atoms with E-state index in [2.05, 4.69) is 94.7 Å². The quantitative estimate of drug-likeness (QED) is 0.0724. The predicted molar refractivity (Wildman–Crippen MR) is 302 cm³/mol. The number of aliphatic hydroxyl groups excluding tert-OH is 1. The molecule has 69 heavy (non-hydrogen) atoms. The Morgan fingerprint density at radius 2 is 1.04 bits per heavy atom. The van der Waals surface area contributed by atoms with Gasteiger partial charge in [0.2, 0.25) is 0 Å². The standard InChI is InChI=1S/C29H50O2.C29H48O2.C2H7P.CH2Cl2.CH4/c2*1-20(2)7-6-8-21(3)25-11-12-26-24-10-9-22-19-23(31-18-17-30)13-15-28(22,4)27(24)14-16-29(25,26)5;1-3-2;2-1-3;/h9,20-21,23-27,30H,6-8,10-19H2,1-5H3;9,17,20-21,23-27H,6-8,10-16,18-19H2,1-5H3;3H,1-2H3;1H2;1H4/t2*21-,23+,24?,25-,26?,27?,28+,29-;;;/m11.../s1. The fraction of sp³-hybridized carbons (Fsp3) is 0.919. The van der Waals surface area contributed by atoms with E-state index in [-0.39, 0.29) is 32.1 Å². The van der Waals surface area contributed by atoms with E-state index in [0.717, 1.165) is 105 Å². The lowest BCUT2D eigenvalue weighted by Gasteiger charge is -2.58. The molecule has 1 N–H and O–H groups in total. The summed E-state index contributed by atoms with van der Waals surface area (Å²) in [5.41, 5.74) is 5.31. The smallest absolute Gasteiger partial charge is 0.145 e. The molecule has 0 spiro atoms. The minimum Gasteiger partial charge on any atom is -0.394 e. The predicted octanol–water partition coefficient (Wildman–Crippen LogP) is 18.0. The van der Waals surface area contributed by atoms with Gasteiger partial charge in [0.05, 0.1) is 30.8 Å². The number of ether oxygens (including phenoxy) is 2. The molecule has 8 aliphatic carbocycles. The van der Waals surface area contributed by atoms with Gasteiger partial charge in [-0.3, -0.25) is 0 Å². The van der Waals surface area contributed by atoms with E-state index in [1.165, 1.54) is 122 Å². The van der Waals surface area contributed by atoms with E-state index >= 15 is 0 Å². The molecule has 0 aromatic carbocycles. The molecule has 8 rings (SSSR count). The summed E-state index contributed by atoms with van der Waals surface area (Å²) in [6, 6.07) is 0. The van der Waals surface area contributed by atoms with Crippen molar-refractivity contribution in [2.45, 2.75) is 230 Å². The lowest BCUT2D eigenvalue weighted by Crippen LogP contribution is -2.51. The maximum absolute atomic E-state index is 10.7. The maximum Gasteiger partial charge on any atom is 0.145 e. The van der Waals surface area contributed by atoms with Gasteiger partial charge in [0.25, 0.3) is 0 Å². The molecular formula is C62H111Cl2O4P. The number of hydrogen-bond acceptors (Lipinski definition) is 4. The van der Waals surface area contributed by atoms with Gasteiger partial charge in [-0.15, -0.1) is 31.8 Å². The first-order chi connectivity index (χ1) is 32.4. The maximum atomic E-state index is 10.7. The summed E-state index contributed by atoms with van der Waals surface area (Å²) in [5.74, 6) is 10.8. The molecule has 0 radical (unpaired) electrons. The SMILES string of the molecule is C.CC(C)CCC[C@@H](C)[C@H]1CCC2C3CC=C4C[C@@H](OCC=O)CC[C@]4(C)C3CC[C@@]21C.CC(C)CCC[C@@H](C)[C@H]1CCC2C3CC=C4C[C@@H](OCCO)CC[C@]4(C)C3CC[C@@]21C.CPC.ClCCl. The van der Waals surface area contributed by atoms with Crippen molar-refractivity contribution in [3.63, 3.8) is 0 Å². The average Bonchev–Trinajstić information content (AvgIpc) is 3.85. The molecule has 6 unspecified atom stereocenters. The molecule has 0 saturated heterocycles. The lowest BCUT2D eigenvalue weighted by atomic mass is 9.47. The van der Waals surface area contributed by atoms with Gasteiger partial charge in [-0.05, 0) is 209 Å². The van der Waals surface area contributed by atoms with Crippen molar-refractivity contribution < 1.29 is 19.4 Å². The summed E-state index contributed by atoms with van der Waals surface area (Å²) in [6.45, 7) is 30.4. The van der Waals surface area contributed by atoms with Gasteiger partial charge in [-0.1, -0.05) is 138 Å². The Kier molecular flexibility index (Phi) is 25.2. The van der Waals surface area contributed by atoms with Gasteiger partial charge < -0.3 is 19.4 Å². The Bertz CT molecular complexity index is 1580. The summed E-state index contributed by atoms with van der Waals surface area (Å²) in [5, 5.41) is 9.33. The largest absolute Gasteiger partial charge is 0.394 e. The number of halogens is 2. The highest BCUT2D eigenvalue weighted by Gasteiger charge is 2.61. The van der Waals surface area contributed by atoms with Gasteiger partial charge in [0.15, 0.2) is 0 Å². The molecule has 0 amide bonds. The fourth-order valence-electron chi connectivity index (χ4n) is 18.0. The number of rotatable bonds is 16. The highest BCUT2D eigenvalue weighted by molar-refractivity contribution is 7.35. The van der Waals surface area contributed by atoms with Crippen LogP contribution >= 0.6 is 31.8 Å². The molecule has 0 aliphatic heterocycles. The Balaban J connectivity index is 0.000000266. The Hall–Kier alpha value is 0.0400. The molecule has 6 saturated carbocycles. The molecule has 402 valence electrons. The van der Waals surface area contributed by atoms with Crippen LogP contribution in [0.4, 0.5) is 0 Å². The van der Waals surface area contributed by atoms with E-state index in [4.69, 9.17) is 37.8 Å². The van der Waals surface area contributed by atoms with Crippen LogP contribution in [0.15, 0.2) is 23.3 Å². The summed E-state index contributed by atoms with van der Waals surface area (Å²) >= 11 is 9.53. The van der Waals surface area contributed by atoms with E-state index in [9.17, 15) is 4.79 Å². The summed E-state index contributed by atoms with van der Waals surface area (Å²) in [7, 11) is 1.08. The van der Waals surface area contributed by atoms with E-state index in [1.54, 1.807) is 11.1 Å². The van der Waals surface area contributed by atoms with Gasteiger partial charge in [0, 0.05) is 0 Å². The van der Waals surface area contributed by atoms with Crippen molar-refractivity contribution in [3.05, 3.63) is 23.3 Å². The van der Waals surface area contributed by atoms with Gasteiger partial charge in [-0.25, -0.2) is 0 Å². The zero-order chi connectivity index (χ0) is 49.9. The normalized spacial score (nSPS) is 39.3. The topological polar surface area (TPSA) is 55.8 Å². The minimum absolute atomic E-state index is 0. The third kappa shape index (κ3) is 14.3. The Morgan fingerprint density at radius 1 is 0.638 bits per heavy atom. The molecule has 0 aromatic rings. The van der Waals surface area contributed by atoms with Crippen molar-refractivity contribution in [1.29, 1.82) is 0 Å². The molecule has 0 heterocycles. The number of aliphatic hydroxyl groups is 1. The fourth-order valence-corrected chi connectivity index (χ4v) is 18.0. The van der Waals surface area contributed by atoms with E-state index < -0.39 is 0 Å². The highest BCUT2D eigenvalue weighted by Crippen LogP contribution is 2.69. The van der Waals surface area contributed by atoms with Crippen LogP contribution in [0.2, 0.25) is 0 Å². The molecule has 6 fully saturated rings. The molecule has 7 heteroatoms. The monoisotopic (exact) mass is 1020 g/mol. The zero-order valence-electron chi connectivity index (χ0n) is 46.1. The first kappa shape index (κ1) is 61.6. The molecular weight excluding hydrogens is 911 g/mol. The number of hydrogen-bond donors (Lipinski definition) is 1. The molecule has 8 aliphatic rings. The Labute approximate surface area is 439 Å². The van der Waals surface area contributed by atoms with Crippen LogP contribution in [0, 0.1) is 92.7 Å². The average molecular weight is 1020 g/mol. The first-order valence-corrected chi connectivity index (χ1v) is 31.9. The third-order valence-corrected chi connectivity index (χ3v) is 21.4. The van der Waals surface area contributed by atoms with E-state index in [0.29, 0.717) is 34.4 Å². The second-order valence-electron chi connectivity index (χ2n) is 26.0. The van der Waals surface area contributed by atoms with Gasteiger partial charge in [0.1, 0.15) is 12.9 Å². The van der Waals surface area contributed by atoms with Crippen molar-refractivity contribution in [1.82, 2.24) is 0 Å². The van der Waals surface area contributed by atoms with Crippen LogP contribution in [-0.2, 0) is 14.3 Å². The van der Waals surface area contributed by atoms with Crippen molar-refractivity contribution in [2.75, 3.05) is 38.5 Å². The summed E-state index contributed by atoms with van der Waals surface area (Å²) < 4.78 is 11.8. The molecule has 0 bridgehead atoms. The van der Waals surface area contributed by atoms with Crippen LogP contribution in [0.5, 0.6) is 0 Å². The van der Waals surface area contributed by atoms with Crippen molar-refractivity contribution in [2.24, 2.45) is 92.7 Å². The summed E-state index contributed by atoms with van der Waals surface area (Å²) in [6.07, 6.45) is 36.6. The highest BCUT2D eigenvalue weighted by atomic mass is 35.5. The molecule has 4 nitrogen and oxygen atoms in total. The van der Waals surface area contributed by atoms with Gasteiger partial charge in [-0.2, -0.15) is 0 Å². The third-order valence-electron chi connectivity index (χ3n) is 21.4. The van der Waals surface area contributed by atoms with Crippen LogP contribution < -0.4 is 0 Å². The molecule has 16 atom stereocenters. The first-order valence-electron chi connectivity index (χ1n) is 28.8. The second-order valence-corrected chi connectivity index (χ2v) is 27.8. The van der Waals surface area contributed by atoms with Crippen LogP contribution in [-0.4, -0.2) is 62.1 Å². The number of carbonyl (C=O) groups excluding carboxylic acids is 1. The lowest BCUT2D eigenvalue weighted by molar-refractivity contribution is -0.115. The number of allylic oxidation sites excluding steroid dienone is 2. The van der Waals surface area contributed by atoms with Crippen LogP contribution in [0.3, 0.4) is 0 Å². The zero-order valence-corrected chi connectivity index (χ0v) is 48.6. The summed E-state index contributed by atoms with van der Waals surface area (Å²) in [4.78, 5) is 10.7. The number of carbonyl (C=O) groups is 1. The Morgan fingerprint density at radius 3 is 1.42 bits per heavy atom. The van der Waals surface area contributed by atoms with Crippen LogP contribution in [0.25, 0.3) is 0 Å². The van der Waals surface area contributed by atoms with Crippen LogP contribution in [0.1, 0.15) is 218 Å². The van der Waals surface area contributed by atoms with E-state index in [1.807, 2.05) is 0 Å². The molecule has 0 aromatic heterocycles. The number of fused-ring (bicyclic) bond motifs is 10. The van der Waals surface area contributed by atoms with Gasteiger partial charge >= 0.3 is 0 Å². The number of aldehydes is 1. The van der Waals surface area contributed by atoms with Crippen molar-refractivity contribution >= 4 is 38.1 Å². The second kappa shape index (κ2) is 28.3.